The number of phenols is 1. The lowest BCUT2D eigenvalue weighted by atomic mass is 10.0. The highest BCUT2D eigenvalue weighted by Crippen LogP contribution is 2.21. The third kappa shape index (κ3) is 4.07. The standard InChI is InChI=1S/C13H19NO3/c1-2-3-4-10-7-9(5-6-12(10)15)8-11(14)13(16)17/h5-7,11,15H,2-4,8,14H2,1H3,(H,16,17)/t11-/m0/s1. The van der Waals surface area contributed by atoms with Crippen LogP contribution in [0.15, 0.2) is 18.2 Å². The fourth-order valence-electron chi connectivity index (χ4n) is 1.67. The highest BCUT2D eigenvalue weighted by molar-refractivity contribution is 5.73. The van der Waals surface area contributed by atoms with Crippen molar-refractivity contribution in [1.82, 2.24) is 0 Å². The Labute approximate surface area is 101 Å². The van der Waals surface area contributed by atoms with E-state index in [9.17, 15) is 9.90 Å². The molecule has 0 fully saturated rings. The molecule has 0 aromatic heterocycles. The van der Waals surface area contributed by atoms with E-state index in [-0.39, 0.29) is 12.2 Å². The molecule has 0 aliphatic rings. The SMILES string of the molecule is CCCCc1cc(C[C@H](N)C(=O)O)ccc1O. The lowest BCUT2D eigenvalue weighted by Gasteiger charge is -2.09. The van der Waals surface area contributed by atoms with Crippen LogP contribution in [0.4, 0.5) is 0 Å². The molecule has 0 radical (unpaired) electrons. The first-order valence-corrected chi connectivity index (χ1v) is 5.83. The number of carbonyl (C=O) groups is 1. The molecule has 0 aliphatic carbocycles. The lowest BCUT2D eigenvalue weighted by molar-refractivity contribution is -0.138. The molecule has 1 rings (SSSR count). The summed E-state index contributed by atoms with van der Waals surface area (Å²) in [5.74, 6) is -0.737. The molecule has 1 atom stereocenters. The molecule has 1 aromatic rings. The largest absolute Gasteiger partial charge is 0.508 e. The second kappa shape index (κ2) is 6.25. The number of aliphatic carboxylic acids is 1. The smallest absolute Gasteiger partial charge is 0.320 e. The van der Waals surface area contributed by atoms with Crippen molar-refractivity contribution >= 4 is 5.97 Å². The van der Waals surface area contributed by atoms with Crippen LogP contribution in [0.3, 0.4) is 0 Å². The molecule has 4 nitrogen and oxygen atoms in total. The van der Waals surface area contributed by atoms with Crippen molar-refractivity contribution in [3.8, 4) is 5.75 Å². The molecule has 4 N–H and O–H groups in total. The van der Waals surface area contributed by atoms with E-state index in [1.807, 2.05) is 6.07 Å². The minimum absolute atomic E-state index is 0.270. The van der Waals surface area contributed by atoms with Crippen LogP contribution in [0.2, 0.25) is 0 Å². The van der Waals surface area contributed by atoms with Crippen molar-refractivity contribution in [3.05, 3.63) is 29.3 Å². The number of hydrogen-bond donors (Lipinski definition) is 3. The number of carboxylic acid groups (broad SMARTS) is 1. The third-order valence-corrected chi connectivity index (χ3v) is 2.72. The molecule has 0 bridgehead atoms. The molecule has 0 amide bonds. The number of phenolic OH excluding ortho intramolecular Hbond substituents is 1. The molecule has 0 heterocycles. The maximum absolute atomic E-state index is 10.7. The Kier molecular flexibility index (Phi) is 4.97. The van der Waals surface area contributed by atoms with E-state index in [0.29, 0.717) is 0 Å². The van der Waals surface area contributed by atoms with Crippen molar-refractivity contribution in [1.29, 1.82) is 0 Å². The second-order valence-electron chi connectivity index (χ2n) is 4.22. The zero-order valence-electron chi connectivity index (χ0n) is 10.0. The van der Waals surface area contributed by atoms with E-state index in [0.717, 1.165) is 30.4 Å². The maximum atomic E-state index is 10.7. The summed E-state index contributed by atoms with van der Waals surface area (Å²) < 4.78 is 0. The van der Waals surface area contributed by atoms with Crippen LogP contribution in [-0.4, -0.2) is 22.2 Å². The van der Waals surface area contributed by atoms with Gasteiger partial charge in [0, 0.05) is 0 Å². The Morgan fingerprint density at radius 1 is 1.47 bits per heavy atom. The average molecular weight is 237 g/mol. The molecule has 0 aliphatic heterocycles. The van der Waals surface area contributed by atoms with Gasteiger partial charge < -0.3 is 15.9 Å². The summed E-state index contributed by atoms with van der Waals surface area (Å²) in [5, 5.41) is 18.4. The number of aryl methyl sites for hydroxylation is 1. The minimum atomic E-state index is -1.01. The van der Waals surface area contributed by atoms with E-state index in [2.05, 4.69) is 6.92 Å². The summed E-state index contributed by atoms with van der Waals surface area (Å²) in [6.45, 7) is 2.08. The summed E-state index contributed by atoms with van der Waals surface area (Å²) >= 11 is 0. The Morgan fingerprint density at radius 2 is 2.18 bits per heavy atom. The van der Waals surface area contributed by atoms with Gasteiger partial charge in [-0.15, -0.1) is 0 Å². The van der Waals surface area contributed by atoms with Crippen molar-refractivity contribution < 1.29 is 15.0 Å². The number of aromatic hydroxyl groups is 1. The molecule has 94 valence electrons. The second-order valence-corrected chi connectivity index (χ2v) is 4.22. The van der Waals surface area contributed by atoms with Crippen LogP contribution in [0.25, 0.3) is 0 Å². The van der Waals surface area contributed by atoms with Crippen LogP contribution < -0.4 is 5.73 Å². The Balaban J connectivity index is 2.77. The predicted octanol–water partition coefficient (Wildman–Crippen LogP) is 1.69. The maximum Gasteiger partial charge on any atom is 0.320 e. The van der Waals surface area contributed by atoms with E-state index < -0.39 is 12.0 Å². The van der Waals surface area contributed by atoms with Crippen molar-refractivity contribution in [3.63, 3.8) is 0 Å². The fourth-order valence-corrected chi connectivity index (χ4v) is 1.67. The van der Waals surface area contributed by atoms with Crippen LogP contribution in [0.5, 0.6) is 5.75 Å². The quantitative estimate of drug-likeness (QED) is 0.703. The van der Waals surface area contributed by atoms with Gasteiger partial charge in [-0.05, 0) is 36.5 Å². The van der Waals surface area contributed by atoms with Gasteiger partial charge in [-0.2, -0.15) is 0 Å². The van der Waals surface area contributed by atoms with Gasteiger partial charge in [0.05, 0.1) is 0 Å². The number of rotatable bonds is 6. The van der Waals surface area contributed by atoms with Gasteiger partial charge in [-0.1, -0.05) is 25.5 Å². The summed E-state index contributed by atoms with van der Waals surface area (Å²) in [7, 11) is 0. The number of benzene rings is 1. The number of carboxylic acids is 1. The number of hydrogen-bond acceptors (Lipinski definition) is 3. The predicted molar refractivity (Wildman–Crippen MR) is 66.0 cm³/mol. The van der Waals surface area contributed by atoms with Crippen LogP contribution in [0.1, 0.15) is 30.9 Å². The zero-order valence-corrected chi connectivity index (χ0v) is 10.0. The van der Waals surface area contributed by atoms with Crippen molar-refractivity contribution in [2.24, 2.45) is 5.73 Å². The molecule has 0 saturated carbocycles. The monoisotopic (exact) mass is 237 g/mol. The van der Waals surface area contributed by atoms with Gasteiger partial charge in [-0.25, -0.2) is 0 Å². The van der Waals surface area contributed by atoms with Gasteiger partial charge in [0.1, 0.15) is 11.8 Å². The molecule has 4 heteroatoms. The zero-order chi connectivity index (χ0) is 12.8. The molecular formula is C13H19NO3. The van der Waals surface area contributed by atoms with Gasteiger partial charge in [0.15, 0.2) is 0 Å². The van der Waals surface area contributed by atoms with Gasteiger partial charge in [0.25, 0.3) is 0 Å². The first-order chi connectivity index (χ1) is 8.04. The Hall–Kier alpha value is -1.55. The van der Waals surface area contributed by atoms with Gasteiger partial charge in [-0.3, -0.25) is 4.79 Å². The summed E-state index contributed by atoms with van der Waals surface area (Å²) in [6.07, 6.45) is 3.15. The average Bonchev–Trinajstić information content (AvgIpc) is 2.29. The van der Waals surface area contributed by atoms with E-state index >= 15 is 0 Å². The van der Waals surface area contributed by atoms with E-state index in [4.69, 9.17) is 10.8 Å². The highest BCUT2D eigenvalue weighted by atomic mass is 16.4. The minimum Gasteiger partial charge on any atom is -0.508 e. The normalized spacial score (nSPS) is 12.4. The third-order valence-electron chi connectivity index (χ3n) is 2.72. The topological polar surface area (TPSA) is 83.6 Å². The summed E-state index contributed by atoms with van der Waals surface area (Å²) in [4.78, 5) is 10.7. The first-order valence-electron chi connectivity index (χ1n) is 5.83. The summed E-state index contributed by atoms with van der Waals surface area (Å²) in [6, 6.07) is 4.27. The lowest BCUT2D eigenvalue weighted by Crippen LogP contribution is -2.32. The number of unbranched alkanes of at least 4 members (excludes halogenated alkanes) is 1. The summed E-state index contributed by atoms with van der Waals surface area (Å²) in [5.41, 5.74) is 7.19. The molecule has 17 heavy (non-hydrogen) atoms. The van der Waals surface area contributed by atoms with E-state index in [1.165, 1.54) is 0 Å². The molecule has 0 unspecified atom stereocenters. The first kappa shape index (κ1) is 13.5. The molecule has 0 spiro atoms. The van der Waals surface area contributed by atoms with Crippen molar-refractivity contribution in [2.45, 2.75) is 38.6 Å². The van der Waals surface area contributed by atoms with Gasteiger partial charge in [0.2, 0.25) is 0 Å². The van der Waals surface area contributed by atoms with Gasteiger partial charge >= 0.3 is 5.97 Å². The molecule has 1 aromatic carbocycles. The Morgan fingerprint density at radius 3 is 2.76 bits per heavy atom. The van der Waals surface area contributed by atoms with Crippen LogP contribution in [0, 0.1) is 0 Å². The molecule has 0 saturated heterocycles. The van der Waals surface area contributed by atoms with Crippen LogP contribution >= 0.6 is 0 Å². The van der Waals surface area contributed by atoms with Crippen LogP contribution in [-0.2, 0) is 17.6 Å². The highest BCUT2D eigenvalue weighted by Gasteiger charge is 2.13. The Bertz CT molecular complexity index is 390. The van der Waals surface area contributed by atoms with E-state index in [1.54, 1.807) is 12.1 Å². The van der Waals surface area contributed by atoms with Crippen molar-refractivity contribution in [2.75, 3.05) is 0 Å². The molecular weight excluding hydrogens is 218 g/mol. The fraction of sp³-hybridized carbons (Fsp3) is 0.462. The number of nitrogens with two attached hydrogens (primary N) is 1.